The van der Waals surface area contributed by atoms with E-state index in [0.717, 1.165) is 31.9 Å². The summed E-state index contributed by atoms with van der Waals surface area (Å²) in [5.74, 6) is 0.0584. The highest BCUT2D eigenvalue weighted by Crippen LogP contribution is 2.22. The Hall–Kier alpha value is -2.86. The van der Waals surface area contributed by atoms with Crippen LogP contribution in [0, 0.1) is 0 Å². The molecule has 0 aliphatic carbocycles. The number of phenols is 1. The van der Waals surface area contributed by atoms with Gasteiger partial charge < -0.3 is 14.9 Å². The van der Waals surface area contributed by atoms with Crippen molar-refractivity contribution in [1.82, 2.24) is 0 Å². The molecule has 0 radical (unpaired) electrons. The number of benzene rings is 2. The van der Waals surface area contributed by atoms with Gasteiger partial charge in [0.15, 0.2) is 6.04 Å². The van der Waals surface area contributed by atoms with Crippen molar-refractivity contribution in [1.29, 1.82) is 0 Å². The highest BCUT2D eigenvalue weighted by atomic mass is 16.3. The number of hydrogen-bond acceptors (Lipinski definition) is 4. The zero-order valence-electron chi connectivity index (χ0n) is 14.5. The Balaban J connectivity index is 1.42. The molecule has 1 atom stereocenters. The van der Waals surface area contributed by atoms with Gasteiger partial charge in [0, 0.05) is 5.69 Å². The minimum absolute atomic E-state index is 0.0886. The molecule has 2 aromatic rings. The summed E-state index contributed by atoms with van der Waals surface area (Å²) in [6.07, 6.45) is 0.280. The molecule has 2 N–H and O–H groups in total. The van der Waals surface area contributed by atoms with E-state index in [-0.39, 0.29) is 30.0 Å². The lowest BCUT2D eigenvalue weighted by molar-refractivity contribution is -0.915. The van der Waals surface area contributed by atoms with Crippen molar-refractivity contribution in [2.24, 2.45) is 0 Å². The van der Waals surface area contributed by atoms with Crippen LogP contribution in [-0.4, -0.2) is 49.1 Å². The van der Waals surface area contributed by atoms with Crippen molar-refractivity contribution < 1.29 is 19.6 Å². The molecule has 2 aromatic carbocycles. The van der Waals surface area contributed by atoms with Crippen LogP contribution in [0.5, 0.6) is 5.75 Å². The zero-order valence-corrected chi connectivity index (χ0v) is 14.5. The summed E-state index contributed by atoms with van der Waals surface area (Å²) in [5, 5.41) is 9.42. The van der Waals surface area contributed by atoms with Crippen LogP contribution < -0.4 is 14.7 Å². The highest BCUT2D eigenvalue weighted by molar-refractivity contribution is 6.21. The third-order valence-corrected chi connectivity index (χ3v) is 5.27. The highest BCUT2D eigenvalue weighted by Gasteiger charge is 2.46. The van der Waals surface area contributed by atoms with Gasteiger partial charge in [0.1, 0.15) is 5.75 Å². The first-order valence-corrected chi connectivity index (χ1v) is 8.94. The minimum Gasteiger partial charge on any atom is -0.508 e. The van der Waals surface area contributed by atoms with E-state index >= 15 is 0 Å². The monoisotopic (exact) mass is 352 g/mol. The van der Waals surface area contributed by atoms with Crippen LogP contribution >= 0.6 is 0 Å². The van der Waals surface area contributed by atoms with E-state index in [0.29, 0.717) is 5.69 Å². The first-order chi connectivity index (χ1) is 12.6. The average molecular weight is 352 g/mol. The minimum atomic E-state index is -0.287. The van der Waals surface area contributed by atoms with E-state index in [1.54, 1.807) is 24.3 Å². The Morgan fingerprint density at radius 2 is 1.54 bits per heavy atom. The second-order valence-electron chi connectivity index (χ2n) is 6.82. The molecule has 0 unspecified atom stereocenters. The molecule has 6 nitrogen and oxygen atoms in total. The molecule has 26 heavy (non-hydrogen) atoms. The third-order valence-electron chi connectivity index (χ3n) is 5.27. The number of quaternary nitrogens is 1. The Bertz CT molecular complexity index is 799. The van der Waals surface area contributed by atoms with Gasteiger partial charge in [-0.1, -0.05) is 18.2 Å². The van der Waals surface area contributed by atoms with Crippen LogP contribution in [0.1, 0.15) is 6.42 Å². The van der Waals surface area contributed by atoms with Crippen molar-refractivity contribution in [2.45, 2.75) is 12.5 Å². The second-order valence-corrected chi connectivity index (χ2v) is 6.82. The first kappa shape index (κ1) is 16.6. The molecule has 2 aliphatic heterocycles. The van der Waals surface area contributed by atoms with Crippen molar-refractivity contribution in [2.75, 3.05) is 36.0 Å². The van der Waals surface area contributed by atoms with E-state index < -0.39 is 0 Å². The van der Waals surface area contributed by atoms with Crippen LogP contribution in [0.25, 0.3) is 0 Å². The van der Waals surface area contributed by atoms with Gasteiger partial charge in [-0.3, -0.25) is 9.59 Å². The molecule has 2 heterocycles. The normalized spacial score (nSPS) is 21.5. The van der Waals surface area contributed by atoms with Crippen LogP contribution in [0.2, 0.25) is 0 Å². The molecule has 0 saturated carbocycles. The number of nitrogens with zero attached hydrogens (tertiary/aromatic N) is 2. The molecule has 6 heteroatoms. The van der Waals surface area contributed by atoms with E-state index in [4.69, 9.17) is 0 Å². The Labute approximate surface area is 152 Å². The van der Waals surface area contributed by atoms with E-state index in [1.165, 1.54) is 9.80 Å². The maximum Gasteiger partial charge on any atom is 0.292 e. The lowest BCUT2D eigenvalue weighted by atomic mass is 10.1. The van der Waals surface area contributed by atoms with Gasteiger partial charge in [-0.2, -0.15) is 0 Å². The van der Waals surface area contributed by atoms with Crippen LogP contribution in [-0.2, 0) is 9.59 Å². The summed E-state index contributed by atoms with van der Waals surface area (Å²) in [7, 11) is 0. The number of para-hydroxylation sites is 1. The fourth-order valence-electron chi connectivity index (χ4n) is 3.86. The van der Waals surface area contributed by atoms with E-state index in [9.17, 15) is 14.7 Å². The zero-order chi connectivity index (χ0) is 18.1. The first-order valence-electron chi connectivity index (χ1n) is 8.94. The Kier molecular flexibility index (Phi) is 4.34. The van der Waals surface area contributed by atoms with Crippen molar-refractivity contribution in [3.05, 3.63) is 54.6 Å². The summed E-state index contributed by atoms with van der Waals surface area (Å²) >= 11 is 0. The van der Waals surface area contributed by atoms with Crippen LogP contribution in [0.3, 0.4) is 0 Å². The number of piperazine rings is 1. The van der Waals surface area contributed by atoms with Gasteiger partial charge in [0.05, 0.1) is 38.3 Å². The standard InChI is InChI=1S/C20H21N3O3/c24-17-8-6-15(7-9-17)21-10-12-22(13-11-21)18-14-19(25)23(20(18)26)16-4-2-1-3-5-16/h1-9,18,24H,10-14H2/p+1/t18-/m1/s1. The lowest BCUT2D eigenvalue weighted by Crippen LogP contribution is -3.19. The van der Waals surface area contributed by atoms with Crippen molar-refractivity contribution >= 4 is 23.2 Å². The quantitative estimate of drug-likeness (QED) is 0.787. The smallest absolute Gasteiger partial charge is 0.292 e. The predicted molar refractivity (Wildman–Crippen MR) is 98.4 cm³/mol. The fraction of sp³-hybridized carbons (Fsp3) is 0.300. The van der Waals surface area contributed by atoms with Crippen LogP contribution in [0.4, 0.5) is 11.4 Å². The number of nitrogens with one attached hydrogen (secondary N) is 1. The van der Waals surface area contributed by atoms with Crippen molar-refractivity contribution in [3.63, 3.8) is 0 Å². The summed E-state index contributed by atoms with van der Waals surface area (Å²) < 4.78 is 0. The SMILES string of the molecule is O=C1C[C@@H]([NH+]2CCN(c3ccc(O)cc3)CC2)C(=O)N1c1ccccc1. The van der Waals surface area contributed by atoms with E-state index in [1.807, 2.05) is 30.3 Å². The number of anilines is 2. The molecule has 4 rings (SSSR count). The molecule has 0 spiro atoms. The fourth-order valence-corrected chi connectivity index (χ4v) is 3.86. The summed E-state index contributed by atoms with van der Waals surface area (Å²) in [6.45, 7) is 3.27. The summed E-state index contributed by atoms with van der Waals surface area (Å²) in [6, 6.07) is 16.1. The van der Waals surface area contributed by atoms with Gasteiger partial charge in [0.2, 0.25) is 5.91 Å². The van der Waals surface area contributed by atoms with Gasteiger partial charge in [0.25, 0.3) is 5.91 Å². The molecule has 0 bridgehead atoms. The molecule has 0 aromatic heterocycles. The van der Waals surface area contributed by atoms with Crippen LogP contribution in [0.15, 0.2) is 54.6 Å². The van der Waals surface area contributed by atoms with Gasteiger partial charge in [-0.25, -0.2) is 4.90 Å². The number of imide groups is 1. The van der Waals surface area contributed by atoms with Gasteiger partial charge >= 0.3 is 0 Å². The largest absolute Gasteiger partial charge is 0.508 e. The number of phenolic OH excluding ortho intramolecular Hbond substituents is 1. The number of rotatable bonds is 3. The topological polar surface area (TPSA) is 65.3 Å². The lowest BCUT2D eigenvalue weighted by Gasteiger charge is -2.35. The molecular weight excluding hydrogens is 330 g/mol. The van der Waals surface area contributed by atoms with E-state index in [2.05, 4.69) is 4.90 Å². The van der Waals surface area contributed by atoms with Crippen molar-refractivity contribution in [3.8, 4) is 5.75 Å². The Morgan fingerprint density at radius 1 is 0.885 bits per heavy atom. The number of carbonyl (C=O) groups excluding carboxylic acids is 2. The summed E-state index contributed by atoms with van der Waals surface area (Å²) in [4.78, 5) is 30.0. The maximum absolute atomic E-state index is 12.8. The molecule has 2 fully saturated rings. The average Bonchev–Trinajstić information content (AvgIpc) is 2.97. The Morgan fingerprint density at radius 3 is 2.19 bits per heavy atom. The molecule has 2 amide bonds. The molecular formula is C20H22N3O3+. The number of aromatic hydroxyl groups is 1. The van der Waals surface area contributed by atoms with Gasteiger partial charge in [-0.15, -0.1) is 0 Å². The number of carbonyl (C=O) groups is 2. The maximum atomic E-state index is 12.8. The molecule has 134 valence electrons. The third kappa shape index (κ3) is 3.04. The number of amides is 2. The predicted octanol–water partition coefficient (Wildman–Crippen LogP) is 0.429. The number of hydrogen-bond donors (Lipinski definition) is 2. The molecule has 2 saturated heterocycles. The molecule has 2 aliphatic rings. The second kappa shape index (κ2) is 6.80. The summed E-state index contributed by atoms with van der Waals surface area (Å²) in [5.41, 5.74) is 1.73. The van der Waals surface area contributed by atoms with Gasteiger partial charge in [-0.05, 0) is 36.4 Å².